The lowest BCUT2D eigenvalue weighted by atomic mass is 9.94. The van der Waals surface area contributed by atoms with Crippen molar-refractivity contribution in [1.82, 2.24) is 15.6 Å². The highest BCUT2D eigenvalue weighted by molar-refractivity contribution is 6.11. The number of rotatable bonds is 17. The van der Waals surface area contributed by atoms with Gasteiger partial charge in [0.05, 0.1) is 24.6 Å². The number of carbonyl (C=O) groups excluding carboxylic acids is 5. The van der Waals surface area contributed by atoms with Gasteiger partial charge in [-0.2, -0.15) is 0 Å². The highest BCUT2D eigenvalue weighted by atomic mass is 16.7. The van der Waals surface area contributed by atoms with Crippen molar-refractivity contribution >= 4 is 47.5 Å². The number of aromatic nitrogens is 1. The molecular formula is C40H47N5O11. The minimum atomic E-state index is -1.28. The molecule has 2 amide bonds. The molecule has 3 aromatic rings. The van der Waals surface area contributed by atoms with Crippen LogP contribution in [0.4, 0.5) is 10.5 Å². The van der Waals surface area contributed by atoms with Gasteiger partial charge in [-0.3, -0.25) is 30.4 Å². The van der Waals surface area contributed by atoms with Gasteiger partial charge < -0.3 is 34.1 Å². The van der Waals surface area contributed by atoms with E-state index in [1.807, 2.05) is 0 Å². The van der Waals surface area contributed by atoms with Crippen LogP contribution in [0, 0.1) is 23.2 Å². The van der Waals surface area contributed by atoms with E-state index < -0.39 is 61.1 Å². The SMILES string of the molecule is C=Cc1cc(C(=O)Nc2ccc(C(=N)NC(=O)OCOC(=O)C(C)C)cc2)c(-c2ccc(C(O)NCC3CC3)nc2C(=O)OC(C)OC(=O)C(C)C)cc1OC. The van der Waals surface area contributed by atoms with Crippen LogP contribution in [0.2, 0.25) is 0 Å². The zero-order valence-corrected chi connectivity index (χ0v) is 32.1. The Kier molecular flexibility index (Phi) is 14.8. The van der Waals surface area contributed by atoms with Crippen LogP contribution in [-0.2, 0) is 28.5 Å². The highest BCUT2D eigenvalue weighted by Crippen LogP contribution is 2.35. The van der Waals surface area contributed by atoms with Crippen LogP contribution in [0.1, 0.15) is 91.4 Å². The summed E-state index contributed by atoms with van der Waals surface area (Å²) in [5.41, 5.74) is 1.34. The average molecular weight is 774 g/mol. The summed E-state index contributed by atoms with van der Waals surface area (Å²) < 4.78 is 25.9. The third-order valence-electron chi connectivity index (χ3n) is 8.36. The number of pyridine rings is 1. The first-order chi connectivity index (χ1) is 26.6. The van der Waals surface area contributed by atoms with Gasteiger partial charge in [0.25, 0.3) is 5.91 Å². The fourth-order valence-electron chi connectivity index (χ4n) is 5.01. The number of anilines is 1. The maximum Gasteiger partial charge on any atom is 0.415 e. The van der Waals surface area contributed by atoms with Crippen LogP contribution in [0.25, 0.3) is 17.2 Å². The molecule has 2 atom stereocenters. The van der Waals surface area contributed by atoms with Crippen molar-refractivity contribution in [3.05, 3.63) is 83.2 Å². The molecule has 1 aliphatic carbocycles. The van der Waals surface area contributed by atoms with Crippen LogP contribution in [0.5, 0.6) is 5.75 Å². The summed E-state index contributed by atoms with van der Waals surface area (Å²) in [5.74, 6) is -3.14. The Balaban J connectivity index is 1.63. The summed E-state index contributed by atoms with van der Waals surface area (Å²) in [6.07, 6.45) is 0.0857. The number of aliphatic hydroxyl groups is 1. The van der Waals surface area contributed by atoms with E-state index in [0.717, 1.165) is 12.8 Å². The summed E-state index contributed by atoms with van der Waals surface area (Å²) in [5, 5.41) is 27.2. The van der Waals surface area contributed by atoms with E-state index in [9.17, 15) is 29.1 Å². The van der Waals surface area contributed by atoms with Crippen LogP contribution in [0.15, 0.2) is 55.1 Å². The van der Waals surface area contributed by atoms with E-state index in [0.29, 0.717) is 29.5 Å². The molecule has 56 heavy (non-hydrogen) atoms. The first kappa shape index (κ1) is 42.6. The van der Waals surface area contributed by atoms with Crippen molar-refractivity contribution in [3.8, 4) is 16.9 Å². The topological polar surface area (TPSA) is 225 Å². The second-order valence-electron chi connectivity index (χ2n) is 13.5. The Morgan fingerprint density at radius 1 is 0.929 bits per heavy atom. The molecule has 5 N–H and O–H groups in total. The Bertz CT molecular complexity index is 1960. The van der Waals surface area contributed by atoms with E-state index in [2.05, 4.69) is 27.5 Å². The lowest BCUT2D eigenvalue weighted by molar-refractivity contribution is -0.169. The molecule has 1 fully saturated rings. The third kappa shape index (κ3) is 11.7. The highest BCUT2D eigenvalue weighted by Gasteiger charge is 2.28. The number of benzene rings is 2. The molecule has 0 spiro atoms. The Morgan fingerprint density at radius 2 is 1.61 bits per heavy atom. The molecule has 16 heteroatoms. The Labute approximate surface area is 324 Å². The van der Waals surface area contributed by atoms with Gasteiger partial charge in [-0.1, -0.05) is 40.3 Å². The fourth-order valence-corrected chi connectivity index (χ4v) is 5.01. The lowest BCUT2D eigenvalue weighted by Gasteiger charge is -2.20. The maximum atomic E-state index is 14.0. The number of alkyl carbamates (subject to hydrolysis) is 1. The monoisotopic (exact) mass is 773 g/mol. The van der Waals surface area contributed by atoms with Gasteiger partial charge in [-0.15, -0.1) is 0 Å². The Morgan fingerprint density at radius 3 is 2.21 bits per heavy atom. The molecule has 2 aromatic carbocycles. The number of methoxy groups -OCH3 is 1. The van der Waals surface area contributed by atoms with Gasteiger partial charge in [-0.05, 0) is 67.3 Å². The number of aliphatic hydroxyl groups excluding tert-OH is 1. The number of hydrogen-bond acceptors (Lipinski definition) is 14. The van der Waals surface area contributed by atoms with Gasteiger partial charge in [0.2, 0.25) is 13.1 Å². The normalized spacial score (nSPS) is 13.2. The second kappa shape index (κ2) is 19.5. The van der Waals surface area contributed by atoms with Gasteiger partial charge in [0.1, 0.15) is 17.8 Å². The van der Waals surface area contributed by atoms with E-state index in [1.54, 1.807) is 33.8 Å². The predicted octanol–water partition coefficient (Wildman–Crippen LogP) is 5.55. The molecule has 0 bridgehead atoms. The number of carbonyl (C=O) groups is 5. The van der Waals surface area contributed by atoms with Crippen molar-refractivity contribution in [2.45, 2.75) is 60.0 Å². The van der Waals surface area contributed by atoms with Crippen LogP contribution >= 0.6 is 0 Å². The van der Waals surface area contributed by atoms with Gasteiger partial charge >= 0.3 is 24.0 Å². The minimum absolute atomic E-state index is 0.0791. The summed E-state index contributed by atoms with van der Waals surface area (Å²) in [6, 6.07) is 12.1. The van der Waals surface area contributed by atoms with Gasteiger partial charge in [-0.25, -0.2) is 14.6 Å². The zero-order valence-electron chi connectivity index (χ0n) is 32.1. The number of amidine groups is 1. The smallest absolute Gasteiger partial charge is 0.415 e. The fraction of sp³-hybridized carbons (Fsp3) is 0.375. The standard InChI is InChI=1S/C40H47N5O11/c1-8-25-17-30(35(46)43-27-13-11-26(12-14-27)34(41)45-40(51)54-20-53-37(48)21(2)3)29(18-32(25)52-7)28-15-16-31(36(47)42-19-24-9-10-24)44-33(28)39(50)56-23(6)55-38(49)22(4)5/h8,11-18,21-24,36,42,47H,1,9-10,19-20H2,2-7H3,(H,43,46)(H2,41,45,51). The summed E-state index contributed by atoms with van der Waals surface area (Å²) >= 11 is 0. The minimum Gasteiger partial charge on any atom is -0.496 e. The van der Waals surface area contributed by atoms with Crippen molar-refractivity contribution in [2.24, 2.45) is 17.8 Å². The first-order valence-electron chi connectivity index (χ1n) is 17.9. The molecule has 298 valence electrons. The van der Waals surface area contributed by atoms with Crippen LogP contribution in [-0.4, -0.2) is 72.6 Å². The largest absolute Gasteiger partial charge is 0.496 e. The van der Waals surface area contributed by atoms with E-state index in [1.165, 1.54) is 62.6 Å². The quantitative estimate of drug-likeness (QED) is 0.0492. The van der Waals surface area contributed by atoms with Gasteiger partial charge in [0, 0.05) is 47.0 Å². The zero-order chi connectivity index (χ0) is 41.1. The molecule has 1 heterocycles. The number of nitrogens with one attached hydrogen (secondary N) is 4. The average Bonchev–Trinajstić information content (AvgIpc) is 4.00. The summed E-state index contributed by atoms with van der Waals surface area (Å²) in [6.45, 7) is 11.7. The molecule has 16 nitrogen and oxygen atoms in total. The number of esters is 3. The van der Waals surface area contributed by atoms with Gasteiger partial charge in [0.15, 0.2) is 5.69 Å². The summed E-state index contributed by atoms with van der Waals surface area (Å²) in [7, 11) is 1.43. The van der Waals surface area contributed by atoms with Crippen molar-refractivity contribution in [2.75, 3.05) is 25.8 Å². The lowest BCUT2D eigenvalue weighted by Crippen LogP contribution is -2.32. The molecule has 1 aliphatic rings. The number of hydrogen-bond donors (Lipinski definition) is 5. The molecule has 0 radical (unpaired) electrons. The maximum absolute atomic E-state index is 14.0. The third-order valence-corrected chi connectivity index (χ3v) is 8.36. The second-order valence-corrected chi connectivity index (χ2v) is 13.5. The molecule has 0 aliphatic heterocycles. The summed E-state index contributed by atoms with van der Waals surface area (Å²) in [4.78, 5) is 68.1. The predicted molar refractivity (Wildman–Crippen MR) is 204 cm³/mol. The number of amides is 2. The Hall–Kier alpha value is -6.13. The molecule has 1 saturated carbocycles. The van der Waals surface area contributed by atoms with E-state index >= 15 is 0 Å². The molecule has 2 unspecified atom stereocenters. The van der Waals surface area contributed by atoms with E-state index in [4.69, 9.17) is 29.1 Å². The molecule has 1 aromatic heterocycles. The molecular weight excluding hydrogens is 726 g/mol. The van der Waals surface area contributed by atoms with Crippen molar-refractivity contribution in [1.29, 1.82) is 5.41 Å². The van der Waals surface area contributed by atoms with Crippen molar-refractivity contribution < 1.29 is 52.8 Å². The number of nitrogens with zero attached hydrogens (tertiary/aromatic N) is 1. The van der Waals surface area contributed by atoms with Crippen LogP contribution < -0.4 is 20.7 Å². The first-order valence-corrected chi connectivity index (χ1v) is 17.9. The van der Waals surface area contributed by atoms with Crippen LogP contribution in [0.3, 0.4) is 0 Å². The number of ether oxygens (including phenoxy) is 5. The van der Waals surface area contributed by atoms with E-state index in [-0.39, 0.29) is 39.5 Å². The molecule has 4 rings (SSSR count). The van der Waals surface area contributed by atoms with Crippen molar-refractivity contribution in [3.63, 3.8) is 0 Å². The molecule has 0 saturated heterocycles.